The fourth-order valence-electron chi connectivity index (χ4n) is 2.22. The van der Waals surface area contributed by atoms with Gasteiger partial charge >= 0.3 is 0 Å². The van der Waals surface area contributed by atoms with E-state index in [9.17, 15) is 0 Å². The molecule has 1 fully saturated rings. The molecule has 1 nitrogen and oxygen atoms in total. The van der Waals surface area contributed by atoms with Crippen LogP contribution in [0.15, 0.2) is 30.3 Å². The molecule has 0 N–H and O–H groups in total. The summed E-state index contributed by atoms with van der Waals surface area (Å²) in [5.41, 5.74) is 1.44. The molecule has 1 heterocycles. The molecule has 0 bridgehead atoms. The first-order valence-electron chi connectivity index (χ1n) is 5.52. The van der Waals surface area contributed by atoms with Crippen molar-refractivity contribution in [3.8, 4) is 0 Å². The van der Waals surface area contributed by atoms with E-state index in [4.69, 9.17) is 0 Å². The van der Waals surface area contributed by atoms with Gasteiger partial charge in [0.05, 0.1) is 0 Å². The van der Waals surface area contributed by atoms with Crippen LogP contribution in [0.2, 0.25) is 0 Å². The first kappa shape index (κ1) is 9.72. The van der Waals surface area contributed by atoms with Crippen molar-refractivity contribution < 1.29 is 0 Å². The van der Waals surface area contributed by atoms with Gasteiger partial charge in [0.25, 0.3) is 0 Å². The highest BCUT2D eigenvalue weighted by molar-refractivity contribution is 5.14. The molecule has 14 heavy (non-hydrogen) atoms. The Bertz CT molecular complexity index is 271. The number of benzene rings is 1. The van der Waals surface area contributed by atoms with E-state index in [0.29, 0.717) is 0 Å². The summed E-state index contributed by atoms with van der Waals surface area (Å²) in [6.45, 7) is 8.35. The van der Waals surface area contributed by atoms with Crippen molar-refractivity contribution in [3.05, 3.63) is 35.9 Å². The van der Waals surface area contributed by atoms with E-state index in [0.717, 1.165) is 18.4 Å². The lowest BCUT2D eigenvalue weighted by Crippen LogP contribution is -2.19. The highest BCUT2D eigenvalue weighted by Gasteiger charge is 2.25. The predicted octanol–water partition coefficient (Wildman–Crippen LogP) is 2.77. The van der Waals surface area contributed by atoms with Gasteiger partial charge in [0.1, 0.15) is 0 Å². The SMILES string of the molecule is CC1CN(Cc2ccccc2)CC1C. The molecule has 1 aliphatic heterocycles. The molecular formula is C13H19N. The van der Waals surface area contributed by atoms with Gasteiger partial charge in [-0.15, -0.1) is 0 Å². The van der Waals surface area contributed by atoms with E-state index in [1.807, 2.05) is 0 Å². The van der Waals surface area contributed by atoms with E-state index < -0.39 is 0 Å². The number of likely N-dealkylation sites (tertiary alicyclic amines) is 1. The Morgan fingerprint density at radius 3 is 2.21 bits per heavy atom. The van der Waals surface area contributed by atoms with Crippen LogP contribution in [0.1, 0.15) is 19.4 Å². The van der Waals surface area contributed by atoms with E-state index in [1.54, 1.807) is 0 Å². The maximum atomic E-state index is 2.56. The normalized spacial score (nSPS) is 28.1. The molecule has 0 aliphatic carbocycles. The molecule has 1 aromatic carbocycles. The Morgan fingerprint density at radius 2 is 1.64 bits per heavy atom. The van der Waals surface area contributed by atoms with Gasteiger partial charge in [-0.1, -0.05) is 44.2 Å². The van der Waals surface area contributed by atoms with Gasteiger partial charge in [0.15, 0.2) is 0 Å². The third kappa shape index (κ3) is 2.16. The smallest absolute Gasteiger partial charge is 0.0233 e. The summed E-state index contributed by atoms with van der Waals surface area (Å²) in [6, 6.07) is 10.8. The molecule has 0 aromatic heterocycles. The fraction of sp³-hybridized carbons (Fsp3) is 0.538. The summed E-state index contributed by atoms with van der Waals surface area (Å²) in [6.07, 6.45) is 0. The monoisotopic (exact) mass is 189 g/mol. The Kier molecular flexibility index (Phi) is 2.87. The lowest BCUT2D eigenvalue weighted by molar-refractivity contribution is 0.316. The van der Waals surface area contributed by atoms with E-state index in [-0.39, 0.29) is 0 Å². The van der Waals surface area contributed by atoms with Crippen LogP contribution in [0.3, 0.4) is 0 Å². The Hall–Kier alpha value is -0.820. The average Bonchev–Trinajstić information content (AvgIpc) is 2.47. The van der Waals surface area contributed by atoms with Gasteiger partial charge in [-0.3, -0.25) is 4.90 Å². The van der Waals surface area contributed by atoms with Crippen LogP contribution in [0.25, 0.3) is 0 Å². The first-order valence-corrected chi connectivity index (χ1v) is 5.52. The van der Waals surface area contributed by atoms with Gasteiger partial charge in [0.2, 0.25) is 0 Å². The van der Waals surface area contributed by atoms with Crippen LogP contribution < -0.4 is 0 Å². The van der Waals surface area contributed by atoms with Gasteiger partial charge in [-0.05, 0) is 17.4 Å². The minimum atomic E-state index is 0.860. The highest BCUT2D eigenvalue weighted by atomic mass is 15.1. The van der Waals surface area contributed by atoms with Gasteiger partial charge in [-0.25, -0.2) is 0 Å². The number of hydrogen-bond donors (Lipinski definition) is 0. The van der Waals surface area contributed by atoms with Crippen LogP contribution in [0, 0.1) is 11.8 Å². The summed E-state index contributed by atoms with van der Waals surface area (Å²) in [4.78, 5) is 2.56. The molecule has 0 saturated carbocycles. The molecule has 2 rings (SSSR count). The minimum Gasteiger partial charge on any atom is -0.299 e. The third-order valence-corrected chi connectivity index (χ3v) is 3.31. The quantitative estimate of drug-likeness (QED) is 0.691. The highest BCUT2D eigenvalue weighted by Crippen LogP contribution is 2.23. The van der Waals surface area contributed by atoms with Crippen LogP contribution in [-0.4, -0.2) is 18.0 Å². The second-order valence-electron chi connectivity index (χ2n) is 4.63. The molecule has 0 amide bonds. The van der Waals surface area contributed by atoms with E-state index >= 15 is 0 Å². The Labute approximate surface area is 86.7 Å². The summed E-state index contributed by atoms with van der Waals surface area (Å²) in [5, 5.41) is 0. The molecule has 2 atom stereocenters. The summed E-state index contributed by atoms with van der Waals surface area (Å²) in [5.74, 6) is 1.72. The van der Waals surface area contributed by atoms with Crippen molar-refractivity contribution in [2.45, 2.75) is 20.4 Å². The summed E-state index contributed by atoms with van der Waals surface area (Å²) < 4.78 is 0. The topological polar surface area (TPSA) is 3.24 Å². The molecule has 1 aromatic rings. The maximum Gasteiger partial charge on any atom is 0.0233 e. The van der Waals surface area contributed by atoms with E-state index in [1.165, 1.54) is 18.7 Å². The number of nitrogens with zero attached hydrogens (tertiary/aromatic N) is 1. The molecule has 1 aliphatic rings. The maximum absolute atomic E-state index is 2.56. The Balaban J connectivity index is 1.94. The lowest BCUT2D eigenvalue weighted by Gasteiger charge is -2.14. The van der Waals surface area contributed by atoms with Crippen molar-refractivity contribution in [1.29, 1.82) is 0 Å². The second kappa shape index (κ2) is 4.14. The molecule has 2 unspecified atom stereocenters. The third-order valence-electron chi connectivity index (χ3n) is 3.31. The number of hydrogen-bond acceptors (Lipinski definition) is 1. The van der Waals surface area contributed by atoms with E-state index in [2.05, 4.69) is 49.1 Å². The lowest BCUT2D eigenvalue weighted by atomic mass is 10.0. The van der Waals surface area contributed by atoms with Crippen LogP contribution in [0.5, 0.6) is 0 Å². The molecule has 76 valence electrons. The summed E-state index contributed by atoms with van der Waals surface area (Å²) >= 11 is 0. The zero-order valence-electron chi connectivity index (χ0n) is 9.11. The van der Waals surface area contributed by atoms with Gasteiger partial charge < -0.3 is 0 Å². The second-order valence-corrected chi connectivity index (χ2v) is 4.63. The Morgan fingerprint density at radius 1 is 1.07 bits per heavy atom. The molecule has 1 heteroatoms. The zero-order valence-corrected chi connectivity index (χ0v) is 9.11. The average molecular weight is 189 g/mol. The fourth-order valence-corrected chi connectivity index (χ4v) is 2.22. The van der Waals surface area contributed by atoms with Crippen molar-refractivity contribution in [2.24, 2.45) is 11.8 Å². The van der Waals surface area contributed by atoms with Crippen molar-refractivity contribution in [3.63, 3.8) is 0 Å². The van der Waals surface area contributed by atoms with Crippen molar-refractivity contribution in [1.82, 2.24) is 4.90 Å². The molecule has 0 spiro atoms. The zero-order chi connectivity index (χ0) is 9.97. The molecular weight excluding hydrogens is 170 g/mol. The standard InChI is InChI=1S/C13H19N/c1-11-8-14(9-12(11)2)10-13-6-4-3-5-7-13/h3-7,11-12H,8-10H2,1-2H3. The molecule has 0 radical (unpaired) electrons. The van der Waals surface area contributed by atoms with Gasteiger partial charge in [-0.2, -0.15) is 0 Å². The van der Waals surface area contributed by atoms with Crippen LogP contribution >= 0.6 is 0 Å². The largest absolute Gasteiger partial charge is 0.299 e. The van der Waals surface area contributed by atoms with Crippen molar-refractivity contribution >= 4 is 0 Å². The van der Waals surface area contributed by atoms with Crippen molar-refractivity contribution in [2.75, 3.05) is 13.1 Å². The minimum absolute atomic E-state index is 0.860. The van der Waals surface area contributed by atoms with Crippen LogP contribution in [-0.2, 0) is 6.54 Å². The predicted molar refractivity (Wildman–Crippen MR) is 60.0 cm³/mol. The first-order chi connectivity index (χ1) is 6.75. The number of rotatable bonds is 2. The summed E-state index contributed by atoms with van der Waals surface area (Å²) in [7, 11) is 0. The van der Waals surface area contributed by atoms with Gasteiger partial charge in [0, 0.05) is 19.6 Å². The molecule has 1 saturated heterocycles. The van der Waals surface area contributed by atoms with Crippen LogP contribution in [0.4, 0.5) is 0 Å².